The molecule has 102 valence electrons. The second-order valence-electron chi connectivity index (χ2n) is 4.13. The molecule has 3 aromatic rings. The fourth-order valence-corrected chi connectivity index (χ4v) is 2.99. The highest BCUT2D eigenvalue weighted by molar-refractivity contribution is 7.99. The molecule has 6 heteroatoms. The van der Waals surface area contributed by atoms with Crippen molar-refractivity contribution in [3.63, 3.8) is 0 Å². The van der Waals surface area contributed by atoms with E-state index < -0.39 is 0 Å². The molecule has 0 aliphatic carbocycles. The first-order chi connectivity index (χ1) is 9.74. The number of rotatable bonds is 4. The molecule has 1 aromatic carbocycles. The number of benzene rings is 1. The molecule has 4 nitrogen and oxygen atoms in total. The van der Waals surface area contributed by atoms with Crippen LogP contribution in [0.5, 0.6) is 0 Å². The van der Waals surface area contributed by atoms with Gasteiger partial charge in [0.2, 0.25) is 0 Å². The number of halogens is 1. The average molecular weight is 307 g/mol. The normalized spacial score (nSPS) is 12.5. The monoisotopic (exact) mass is 306 g/mol. The smallest absolute Gasteiger partial charge is 0.284 e. The minimum atomic E-state index is 0.119. The van der Waals surface area contributed by atoms with Gasteiger partial charge in [0.25, 0.3) is 11.1 Å². The third kappa shape index (κ3) is 2.73. The maximum absolute atomic E-state index is 6.18. The van der Waals surface area contributed by atoms with Gasteiger partial charge in [-0.1, -0.05) is 41.6 Å². The molecule has 2 heterocycles. The van der Waals surface area contributed by atoms with E-state index in [2.05, 4.69) is 10.2 Å². The number of thioether (sulfide) groups is 1. The molecule has 0 fully saturated rings. The van der Waals surface area contributed by atoms with Gasteiger partial charge in [0.05, 0.1) is 6.26 Å². The quantitative estimate of drug-likeness (QED) is 0.646. The first kappa shape index (κ1) is 13.3. The Labute approximate surface area is 125 Å². The van der Waals surface area contributed by atoms with E-state index in [9.17, 15) is 0 Å². The van der Waals surface area contributed by atoms with Crippen molar-refractivity contribution in [1.29, 1.82) is 0 Å². The SMILES string of the molecule is CC(Sc1nnc(-c2ccco2)o1)c1ccccc1Cl. The van der Waals surface area contributed by atoms with Crippen LogP contribution in [0, 0.1) is 0 Å². The summed E-state index contributed by atoms with van der Waals surface area (Å²) in [5.74, 6) is 0.943. The fourth-order valence-electron chi connectivity index (χ4n) is 1.78. The molecule has 0 aliphatic heterocycles. The van der Waals surface area contributed by atoms with Gasteiger partial charge in [0, 0.05) is 10.3 Å². The Morgan fingerprint density at radius 3 is 2.75 bits per heavy atom. The van der Waals surface area contributed by atoms with Crippen molar-refractivity contribution in [2.45, 2.75) is 17.4 Å². The lowest BCUT2D eigenvalue weighted by atomic mass is 10.2. The lowest BCUT2D eigenvalue weighted by Gasteiger charge is -2.10. The van der Waals surface area contributed by atoms with Gasteiger partial charge in [0.15, 0.2) is 5.76 Å². The molecule has 0 saturated heterocycles. The topological polar surface area (TPSA) is 52.1 Å². The summed E-state index contributed by atoms with van der Waals surface area (Å²) in [7, 11) is 0. The van der Waals surface area contributed by atoms with Gasteiger partial charge in [0.1, 0.15) is 0 Å². The summed E-state index contributed by atoms with van der Waals surface area (Å²) >= 11 is 7.64. The molecule has 20 heavy (non-hydrogen) atoms. The molecule has 3 rings (SSSR count). The van der Waals surface area contributed by atoms with Crippen LogP contribution in [0.4, 0.5) is 0 Å². The molecule has 0 bridgehead atoms. The fraction of sp³-hybridized carbons (Fsp3) is 0.143. The number of nitrogens with zero attached hydrogens (tertiary/aromatic N) is 2. The Balaban J connectivity index is 1.77. The van der Waals surface area contributed by atoms with E-state index in [0.717, 1.165) is 10.6 Å². The van der Waals surface area contributed by atoms with Crippen LogP contribution in [0.25, 0.3) is 11.7 Å². The van der Waals surface area contributed by atoms with E-state index in [4.69, 9.17) is 20.4 Å². The molecule has 1 atom stereocenters. The molecular weight excluding hydrogens is 296 g/mol. The molecule has 0 radical (unpaired) electrons. The van der Waals surface area contributed by atoms with Crippen LogP contribution in [0.15, 0.2) is 56.7 Å². The highest BCUT2D eigenvalue weighted by atomic mass is 35.5. The average Bonchev–Trinajstić information content (AvgIpc) is 3.09. The Kier molecular flexibility index (Phi) is 3.80. The van der Waals surface area contributed by atoms with E-state index >= 15 is 0 Å². The largest absolute Gasteiger partial charge is 0.459 e. The zero-order chi connectivity index (χ0) is 13.9. The summed E-state index contributed by atoms with van der Waals surface area (Å²) in [6, 6.07) is 11.3. The van der Waals surface area contributed by atoms with Crippen LogP contribution in [-0.2, 0) is 0 Å². The van der Waals surface area contributed by atoms with Gasteiger partial charge in [-0.15, -0.1) is 10.2 Å². The van der Waals surface area contributed by atoms with E-state index in [0.29, 0.717) is 16.9 Å². The van der Waals surface area contributed by atoms with Crippen LogP contribution >= 0.6 is 23.4 Å². The van der Waals surface area contributed by atoms with Crippen molar-refractivity contribution in [2.75, 3.05) is 0 Å². The van der Waals surface area contributed by atoms with Crippen LogP contribution in [0.2, 0.25) is 5.02 Å². The van der Waals surface area contributed by atoms with Crippen LogP contribution in [-0.4, -0.2) is 10.2 Å². The van der Waals surface area contributed by atoms with Crippen LogP contribution in [0.3, 0.4) is 0 Å². The summed E-state index contributed by atoms with van der Waals surface area (Å²) in [6.07, 6.45) is 1.57. The lowest BCUT2D eigenvalue weighted by Crippen LogP contribution is -1.89. The number of furan rings is 1. The van der Waals surface area contributed by atoms with Crippen LogP contribution in [0.1, 0.15) is 17.7 Å². The van der Waals surface area contributed by atoms with Gasteiger partial charge >= 0.3 is 0 Å². The lowest BCUT2D eigenvalue weighted by molar-refractivity contribution is 0.446. The van der Waals surface area contributed by atoms with Gasteiger partial charge in [-0.25, -0.2) is 0 Å². The Bertz CT molecular complexity index is 697. The van der Waals surface area contributed by atoms with Gasteiger partial charge in [-0.05, 0) is 30.7 Å². The highest BCUT2D eigenvalue weighted by Gasteiger charge is 2.16. The number of hydrogen-bond donors (Lipinski definition) is 0. The van der Waals surface area contributed by atoms with Crippen molar-refractivity contribution in [2.24, 2.45) is 0 Å². The number of aromatic nitrogens is 2. The minimum absolute atomic E-state index is 0.119. The van der Waals surface area contributed by atoms with Crippen LogP contribution < -0.4 is 0 Å². The van der Waals surface area contributed by atoms with Gasteiger partial charge in [-0.2, -0.15) is 0 Å². The maximum atomic E-state index is 6.18. The third-order valence-corrected chi connectivity index (χ3v) is 4.08. The minimum Gasteiger partial charge on any atom is -0.459 e. The van der Waals surface area contributed by atoms with E-state index in [-0.39, 0.29) is 5.25 Å². The maximum Gasteiger partial charge on any atom is 0.284 e. The first-order valence-electron chi connectivity index (χ1n) is 6.02. The first-order valence-corrected chi connectivity index (χ1v) is 7.28. The molecule has 1 unspecified atom stereocenters. The molecule has 0 amide bonds. The van der Waals surface area contributed by atoms with E-state index in [1.807, 2.05) is 31.2 Å². The predicted octanol–water partition coefficient (Wildman–Crippen LogP) is 4.84. The van der Waals surface area contributed by atoms with Gasteiger partial charge in [-0.3, -0.25) is 0 Å². The number of hydrogen-bond acceptors (Lipinski definition) is 5. The Hall–Kier alpha value is -1.72. The van der Waals surface area contributed by atoms with Crippen molar-refractivity contribution in [3.8, 4) is 11.7 Å². The van der Waals surface area contributed by atoms with Crippen molar-refractivity contribution in [1.82, 2.24) is 10.2 Å². The highest BCUT2D eigenvalue weighted by Crippen LogP contribution is 2.37. The molecule has 0 saturated carbocycles. The standard InChI is InChI=1S/C14H11ClN2O2S/c1-9(10-5-2-3-6-11(10)15)20-14-17-16-13(19-14)12-7-4-8-18-12/h2-9H,1H3. The zero-order valence-corrected chi connectivity index (χ0v) is 12.2. The molecular formula is C14H11ClN2O2S. The Morgan fingerprint density at radius 2 is 2.00 bits per heavy atom. The Morgan fingerprint density at radius 1 is 1.15 bits per heavy atom. The molecule has 2 aromatic heterocycles. The van der Waals surface area contributed by atoms with Gasteiger partial charge < -0.3 is 8.83 Å². The van der Waals surface area contributed by atoms with Crippen molar-refractivity contribution in [3.05, 3.63) is 53.2 Å². The summed E-state index contributed by atoms with van der Waals surface area (Å²) in [4.78, 5) is 0. The van der Waals surface area contributed by atoms with Crippen molar-refractivity contribution < 1.29 is 8.83 Å². The van der Waals surface area contributed by atoms with E-state index in [1.165, 1.54) is 11.8 Å². The zero-order valence-electron chi connectivity index (χ0n) is 10.6. The van der Waals surface area contributed by atoms with E-state index in [1.54, 1.807) is 18.4 Å². The second kappa shape index (κ2) is 5.73. The predicted molar refractivity (Wildman–Crippen MR) is 77.7 cm³/mol. The molecule has 0 N–H and O–H groups in total. The molecule has 0 aliphatic rings. The summed E-state index contributed by atoms with van der Waals surface area (Å²) in [5.41, 5.74) is 1.04. The summed E-state index contributed by atoms with van der Waals surface area (Å²) in [6.45, 7) is 2.04. The second-order valence-corrected chi connectivity index (χ2v) is 5.83. The summed E-state index contributed by atoms with van der Waals surface area (Å²) in [5, 5.41) is 9.32. The molecule has 0 spiro atoms. The summed E-state index contributed by atoms with van der Waals surface area (Å²) < 4.78 is 10.8. The third-order valence-electron chi connectivity index (χ3n) is 2.76. The van der Waals surface area contributed by atoms with Crippen molar-refractivity contribution >= 4 is 23.4 Å².